The molecule has 6 rings (SSSR count). The van der Waals surface area contributed by atoms with Gasteiger partial charge in [-0.1, -0.05) is 0 Å². The second-order valence-electron chi connectivity index (χ2n) is 11.9. The number of halogens is 20. The smallest absolute Gasteiger partial charge is 0.240 e. The zero-order chi connectivity index (χ0) is 42.6. The van der Waals surface area contributed by atoms with Crippen molar-refractivity contribution in [3.8, 4) is 0 Å². The highest BCUT2D eigenvalue weighted by Crippen LogP contribution is 2.30. The van der Waals surface area contributed by atoms with E-state index in [0.717, 1.165) is 0 Å². The van der Waals surface area contributed by atoms with Crippen LogP contribution in [0.15, 0.2) is 24.8 Å². The number of aromatic nitrogens is 2. The summed E-state index contributed by atoms with van der Waals surface area (Å²) in [5, 5.41) is 0. The number of benzene rings is 4. The van der Waals surface area contributed by atoms with Gasteiger partial charge in [-0.15, -0.1) is 21.9 Å². The molecule has 57 heavy (non-hydrogen) atoms. The summed E-state index contributed by atoms with van der Waals surface area (Å²) >= 11 is 0. The molecular formula is C33H13BF20N2O. The second-order valence-corrected chi connectivity index (χ2v) is 11.9. The summed E-state index contributed by atoms with van der Waals surface area (Å²) in [6.07, 6.45) is 5.31. The monoisotopic (exact) mass is 844 g/mol. The predicted octanol–water partition coefficient (Wildman–Crippen LogP) is 6.59. The van der Waals surface area contributed by atoms with Crippen LogP contribution >= 0.6 is 0 Å². The second kappa shape index (κ2) is 15.8. The maximum absolute atomic E-state index is 15.4. The lowest BCUT2D eigenvalue weighted by atomic mass is 9.12. The van der Waals surface area contributed by atoms with Crippen LogP contribution in [0.1, 0.15) is 25.7 Å². The fraction of sp³-hybridized carbons (Fsp3) is 0.152. The number of hydrogen-bond acceptors (Lipinski definition) is 2. The van der Waals surface area contributed by atoms with E-state index in [0.29, 0.717) is 6.10 Å². The first-order chi connectivity index (χ1) is 26.7. The normalized spacial score (nSPS) is 13.3. The highest BCUT2D eigenvalue weighted by atomic mass is 19.2. The van der Waals surface area contributed by atoms with E-state index >= 15 is 35.1 Å². The SMILES string of the molecule is Fc1c(F)c(F)c([B-](c2c(F)c(F)c(F)c(F)c2F)(c2c(F)c(F)c(F)c(F)c2F)c2c(F)c(F)c(F)c(F)c2F)c(F)c1F.c1c[n+](OC2CCCC2)ccn1. The molecule has 0 aliphatic heterocycles. The molecule has 5 aromatic rings. The Morgan fingerprint density at radius 2 is 0.579 bits per heavy atom. The summed E-state index contributed by atoms with van der Waals surface area (Å²) < 4.78 is 296. The molecule has 1 aliphatic carbocycles. The zero-order valence-corrected chi connectivity index (χ0v) is 27.2. The largest absolute Gasteiger partial charge is 0.268 e. The molecule has 304 valence electrons. The molecule has 0 radical (unpaired) electrons. The Hall–Kier alpha value is -5.58. The highest BCUT2D eigenvalue weighted by Gasteiger charge is 2.52. The van der Waals surface area contributed by atoms with Gasteiger partial charge in [0.25, 0.3) is 0 Å². The van der Waals surface area contributed by atoms with Crippen LogP contribution in [0.5, 0.6) is 0 Å². The number of rotatable bonds is 6. The molecule has 1 fully saturated rings. The third kappa shape index (κ3) is 6.64. The van der Waals surface area contributed by atoms with Gasteiger partial charge in [-0.25, -0.2) is 87.8 Å². The molecule has 0 unspecified atom stereocenters. The van der Waals surface area contributed by atoms with Crippen LogP contribution in [0.3, 0.4) is 0 Å². The van der Waals surface area contributed by atoms with Crippen LogP contribution in [-0.4, -0.2) is 17.2 Å². The van der Waals surface area contributed by atoms with E-state index in [1.807, 2.05) is 12.4 Å². The van der Waals surface area contributed by atoms with Crippen LogP contribution in [0.2, 0.25) is 0 Å². The Bertz CT molecular complexity index is 2030. The Kier molecular flexibility index (Phi) is 11.8. The van der Waals surface area contributed by atoms with Crippen molar-refractivity contribution in [1.29, 1.82) is 0 Å². The topological polar surface area (TPSA) is 26.0 Å². The molecule has 0 bridgehead atoms. The number of hydrogen-bond donors (Lipinski definition) is 0. The Labute approximate surface area is 303 Å². The maximum atomic E-state index is 15.4. The van der Waals surface area contributed by atoms with Gasteiger partial charge in [-0.3, -0.25) is 9.82 Å². The van der Waals surface area contributed by atoms with Crippen molar-refractivity contribution in [2.45, 2.75) is 31.8 Å². The van der Waals surface area contributed by atoms with Gasteiger partial charge in [-0.2, -0.15) is 0 Å². The van der Waals surface area contributed by atoms with E-state index < -0.39 is 144 Å². The van der Waals surface area contributed by atoms with Gasteiger partial charge in [0.05, 0.1) is 12.4 Å². The molecule has 1 heterocycles. The Balaban J connectivity index is 0.000000436. The first-order valence-electron chi connectivity index (χ1n) is 15.4. The van der Waals surface area contributed by atoms with Crippen LogP contribution in [-0.2, 0) is 0 Å². The molecule has 1 aromatic heterocycles. The summed E-state index contributed by atoms with van der Waals surface area (Å²) in [5.41, 5.74) is -14.3. The lowest BCUT2D eigenvalue weighted by Crippen LogP contribution is -2.81. The molecule has 0 amide bonds. The lowest BCUT2D eigenvalue weighted by molar-refractivity contribution is -0.899. The molecule has 3 nitrogen and oxygen atoms in total. The molecule has 0 atom stereocenters. The lowest BCUT2D eigenvalue weighted by Gasteiger charge is -2.44. The summed E-state index contributed by atoms with van der Waals surface area (Å²) in [5.74, 6) is -71.4. The molecule has 4 aromatic carbocycles. The van der Waals surface area contributed by atoms with Gasteiger partial charge < -0.3 is 0 Å². The van der Waals surface area contributed by atoms with Crippen molar-refractivity contribution < 1.29 is 97.4 Å². The minimum atomic E-state index is -7.22. The quantitative estimate of drug-likeness (QED) is 0.0635. The fourth-order valence-electron chi connectivity index (χ4n) is 6.42. The predicted molar refractivity (Wildman–Crippen MR) is 152 cm³/mol. The molecule has 24 heteroatoms. The van der Waals surface area contributed by atoms with Crippen molar-refractivity contribution in [2.24, 2.45) is 0 Å². The summed E-state index contributed by atoms with van der Waals surface area (Å²) in [6.45, 7) is 0. The van der Waals surface area contributed by atoms with Crippen LogP contribution in [0, 0.1) is 116 Å². The van der Waals surface area contributed by atoms with Crippen molar-refractivity contribution in [3.05, 3.63) is 141 Å². The van der Waals surface area contributed by atoms with Gasteiger partial charge in [0.15, 0.2) is 75.9 Å². The van der Waals surface area contributed by atoms with Crippen molar-refractivity contribution in [3.63, 3.8) is 0 Å². The minimum absolute atomic E-state index is 0.414. The van der Waals surface area contributed by atoms with E-state index in [1.165, 1.54) is 25.7 Å². The van der Waals surface area contributed by atoms with Gasteiger partial charge in [0.2, 0.25) is 12.4 Å². The highest BCUT2D eigenvalue weighted by molar-refractivity contribution is 7.20. The van der Waals surface area contributed by atoms with Crippen LogP contribution < -0.4 is 31.4 Å². The third-order valence-corrected chi connectivity index (χ3v) is 8.88. The Morgan fingerprint density at radius 1 is 0.368 bits per heavy atom. The van der Waals surface area contributed by atoms with E-state index in [2.05, 4.69) is 4.98 Å². The van der Waals surface area contributed by atoms with Gasteiger partial charge in [0, 0.05) is 4.73 Å². The van der Waals surface area contributed by atoms with Crippen LogP contribution in [0.4, 0.5) is 87.8 Å². The molecule has 0 spiro atoms. The van der Waals surface area contributed by atoms with Crippen LogP contribution in [0.25, 0.3) is 0 Å². The fourth-order valence-corrected chi connectivity index (χ4v) is 6.42. The van der Waals surface area contributed by atoms with Gasteiger partial charge in [-0.05, 0) is 25.7 Å². The summed E-state index contributed by atoms with van der Waals surface area (Å²) in [7, 11) is 0. The summed E-state index contributed by atoms with van der Waals surface area (Å²) in [6, 6.07) is 0. The first kappa shape index (κ1) is 42.6. The van der Waals surface area contributed by atoms with Gasteiger partial charge >= 0.3 is 0 Å². The van der Waals surface area contributed by atoms with Crippen molar-refractivity contribution in [1.82, 2.24) is 4.98 Å². The number of nitrogens with zero attached hydrogens (tertiary/aromatic N) is 2. The first-order valence-corrected chi connectivity index (χ1v) is 15.4. The van der Waals surface area contributed by atoms with Gasteiger partial charge in [0.1, 0.15) is 52.7 Å². The van der Waals surface area contributed by atoms with E-state index in [4.69, 9.17) is 4.84 Å². The average Bonchev–Trinajstić information content (AvgIpc) is 3.71. The molecule has 0 saturated heterocycles. The Morgan fingerprint density at radius 3 is 0.807 bits per heavy atom. The molecule has 0 N–H and O–H groups in total. The van der Waals surface area contributed by atoms with Crippen molar-refractivity contribution in [2.75, 3.05) is 0 Å². The molecular weight excluding hydrogens is 831 g/mol. The average molecular weight is 844 g/mol. The molecule has 1 aliphatic rings. The maximum Gasteiger partial charge on any atom is 0.240 e. The summed E-state index contributed by atoms with van der Waals surface area (Å²) in [4.78, 5) is 9.57. The van der Waals surface area contributed by atoms with E-state index in [1.54, 1.807) is 17.1 Å². The minimum Gasteiger partial charge on any atom is -0.268 e. The zero-order valence-electron chi connectivity index (χ0n) is 27.2. The van der Waals surface area contributed by atoms with Crippen molar-refractivity contribution >= 4 is 28.0 Å². The van der Waals surface area contributed by atoms with E-state index in [-0.39, 0.29) is 0 Å². The standard InChI is InChI=1S/C24BF20.C9H13N2O/c26-5-1(6(27)14(35)21(42)13(5)34)25(2-7(28)15(36)22(43)16(37)8(2)29,3-9(30)17(38)23(44)18(39)10(3)31)4-11(32)19(40)24(45)20(41)12(4)33;1-2-4-9(3-1)12-11-7-5-10-6-8-11/h;5-9H,1-4H2/q-1;+1. The van der Waals surface area contributed by atoms with E-state index in [9.17, 15) is 52.7 Å². The third-order valence-electron chi connectivity index (χ3n) is 8.88. The molecule has 1 saturated carbocycles.